The molecule has 42 valence electrons. The van der Waals surface area contributed by atoms with Crippen molar-refractivity contribution in [3.8, 4) is 0 Å². The Hall–Kier alpha value is 0.946. The molecule has 0 saturated heterocycles. The van der Waals surface area contributed by atoms with Crippen LogP contribution in [0.15, 0.2) is 12.2 Å². The van der Waals surface area contributed by atoms with Crippen LogP contribution in [0.3, 0.4) is 0 Å². The normalized spacial score (nSPS) is 16.3. The summed E-state index contributed by atoms with van der Waals surface area (Å²) in [7, 11) is 2.79. The number of hydrogen-bond acceptors (Lipinski definition) is 2. The van der Waals surface area contributed by atoms with Gasteiger partial charge in [-0.15, -0.1) is 0 Å². The van der Waals surface area contributed by atoms with Gasteiger partial charge in [0.1, 0.15) is 0 Å². The van der Waals surface area contributed by atoms with Gasteiger partial charge < -0.3 is 14.1 Å². The summed E-state index contributed by atoms with van der Waals surface area (Å²) in [4.78, 5) is 20.7. The van der Waals surface area contributed by atoms with Crippen molar-refractivity contribution in [1.82, 2.24) is 4.67 Å². The van der Waals surface area contributed by atoms with Crippen LogP contribution in [0.4, 0.5) is 0 Å². The molecule has 9 heavy (non-hydrogen) atoms. The van der Waals surface area contributed by atoms with Gasteiger partial charge in [0.05, 0.1) is 0 Å². The summed E-state index contributed by atoms with van der Waals surface area (Å²) >= 11 is 0. The van der Waals surface area contributed by atoms with Crippen molar-refractivity contribution in [3.05, 3.63) is 12.2 Å². The van der Waals surface area contributed by atoms with E-state index in [4.69, 9.17) is 0 Å². The summed E-state index contributed by atoms with van der Waals surface area (Å²) in [6.07, 6.45) is 2.41. The Bertz CT molecular complexity index is 161. The summed E-state index contributed by atoms with van der Waals surface area (Å²) in [5, 5.41) is 0. The zero-order valence-corrected chi connectivity index (χ0v) is 9.04. The van der Waals surface area contributed by atoms with Crippen molar-refractivity contribution < 1.29 is 61.0 Å². The van der Waals surface area contributed by atoms with Gasteiger partial charge in [0.15, 0.2) is 0 Å². The fraction of sp³-hybridized carbons (Fsp3) is 0. The maximum atomic E-state index is 10.4. The molecule has 2 amide bonds. The van der Waals surface area contributed by atoms with Crippen molar-refractivity contribution in [2.75, 3.05) is 0 Å². The molecule has 1 aliphatic heterocycles. The fourth-order valence-corrected chi connectivity index (χ4v) is 0.549. The Morgan fingerprint density at radius 1 is 1.22 bits per heavy atom. The Balaban J connectivity index is 0.000000640. The second kappa shape index (κ2) is 3.96. The Labute approximate surface area is 97.5 Å². The third-order valence-corrected chi connectivity index (χ3v) is 1.25. The van der Waals surface area contributed by atoms with Crippen LogP contribution in [0.25, 0.3) is 0 Å². The van der Waals surface area contributed by atoms with Crippen LogP contribution in [0.5, 0.6) is 0 Å². The van der Waals surface area contributed by atoms with E-state index in [1.165, 1.54) is 12.2 Å². The number of nitrogens with zero attached hydrogens (tertiary/aromatic N) is 1. The van der Waals surface area contributed by atoms with Gasteiger partial charge >= 0.3 is 51.4 Å². The zero-order valence-electron chi connectivity index (χ0n) is 4.92. The molecular weight excluding hydrogens is 164 g/mol. The SMILES string of the molecule is O=C1C=CC(=O)N1[PH-].[K+]. The first-order valence-corrected chi connectivity index (χ1v) is 2.44. The minimum atomic E-state index is -0.327. The summed E-state index contributed by atoms with van der Waals surface area (Å²) in [5.74, 6) is -0.654. The van der Waals surface area contributed by atoms with E-state index in [0.29, 0.717) is 0 Å². The molecule has 0 radical (unpaired) electrons. The van der Waals surface area contributed by atoms with E-state index in [2.05, 4.69) is 9.39 Å². The molecule has 0 bridgehead atoms. The van der Waals surface area contributed by atoms with Crippen LogP contribution in [0, 0.1) is 0 Å². The molecule has 0 saturated carbocycles. The summed E-state index contributed by atoms with van der Waals surface area (Å²) in [6, 6.07) is 0. The third-order valence-electron chi connectivity index (χ3n) is 0.809. The number of rotatable bonds is 0. The minimum absolute atomic E-state index is 0. The van der Waals surface area contributed by atoms with Gasteiger partial charge in [0, 0.05) is 12.2 Å². The van der Waals surface area contributed by atoms with Crippen molar-refractivity contribution in [2.24, 2.45) is 0 Å². The molecule has 0 aromatic rings. The molecule has 0 fully saturated rings. The second-order valence-electron chi connectivity index (χ2n) is 1.35. The van der Waals surface area contributed by atoms with Crippen molar-refractivity contribution in [3.63, 3.8) is 0 Å². The van der Waals surface area contributed by atoms with Crippen LogP contribution >= 0.6 is 9.39 Å². The first kappa shape index (κ1) is 9.95. The number of carbonyl (C=O) groups excluding carboxylic acids is 2. The molecule has 0 spiro atoms. The molecule has 0 N–H and O–H groups in total. The second-order valence-corrected chi connectivity index (χ2v) is 1.79. The van der Waals surface area contributed by atoms with Crippen LogP contribution in [0.1, 0.15) is 0 Å². The van der Waals surface area contributed by atoms with Gasteiger partial charge in [-0.05, 0) is 0 Å². The molecule has 0 atom stereocenters. The van der Waals surface area contributed by atoms with Gasteiger partial charge in [-0.2, -0.15) is 0 Å². The van der Waals surface area contributed by atoms with Crippen molar-refractivity contribution >= 4 is 21.2 Å². The average Bonchev–Trinajstić information content (AvgIpc) is 1.98. The largest absolute Gasteiger partial charge is 1.00 e. The predicted octanol–water partition coefficient (Wildman–Crippen LogP) is -3.03. The van der Waals surface area contributed by atoms with Gasteiger partial charge in [-0.3, -0.25) is 9.59 Å². The number of imide groups is 1. The van der Waals surface area contributed by atoms with Gasteiger partial charge in [-0.25, -0.2) is 0 Å². The predicted molar refractivity (Wildman–Crippen MR) is 29.3 cm³/mol. The standard InChI is InChI=1S/C4H3NO2P.K/c6-3-1-2-4(7)5(3)8;/h1-2,8H;/q-1;+1. The number of carbonyl (C=O) groups is 2. The first-order valence-electron chi connectivity index (χ1n) is 1.99. The summed E-state index contributed by atoms with van der Waals surface area (Å²) in [6.45, 7) is 0. The maximum Gasteiger partial charge on any atom is 1.00 e. The van der Waals surface area contributed by atoms with Crippen LogP contribution < -0.4 is 51.4 Å². The molecule has 5 heteroatoms. The molecule has 0 aliphatic carbocycles. The molecular formula is C4H3KNO2P. The first-order chi connectivity index (χ1) is 3.72. The van der Waals surface area contributed by atoms with Crippen molar-refractivity contribution in [2.45, 2.75) is 0 Å². The molecule has 1 heterocycles. The Kier molecular flexibility index (Phi) is 4.37. The summed E-state index contributed by atoms with van der Waals surface area (Å²) in [5.41, 5.74) is 0. The maximum absolute atomic E-state index is 10.4. The molecule has 3 nitrogen and oxygen atoms in total. The van der Waals surface area contributed by atoms with E-state index in [1.54, 1.807) is 0 Å². The van der Waals surface area contributed by atoms with E-state index >= 15 is 0 Å². The quantitative estimate of drug-likeness (QED) is 0.219. The minimum Gasteiger partial charge on any atom is -0.436 e. The summed E-state index contributed by atoms with van der Waals surface area (Å²) < 4.78 is 0.861. The van der Waals surface area contributed by atoms with Crippen LogP contribution in [-0.4, -0.2) is 16.5 Å². The molecule has 0 aromatic carbocycles. The third kappa shape index (κ3) is 2.22. The van der Waals surface area contributed by atoms with Crippen LogP contribution in [0.2, 0.25) is 0 Å². The van der Waals surface area contributed by atoms with Crippen LogP contribution in [-0.2, 0) is 9.59 Å². The molecule has 0 aromatic heterocycles. The number of amides is 2. The van der Waals surface area contributed by atoms with Gasteiger partial charge in [0.25, 0.3) is 0 Å². The van der Waals surface area contributed by atoms with E-state index < -0.39 is 0 Å². The van der Waals surface area contributed by atoms with E-state index in [0.717, 1.165) is 4.67 Å². The van der Waals surface area contributed by atoms with E-state index in [-0.39, 0.29) is 63.2 Å². The molecule has 0 unspecified atom stereocenters. The zero-order chi connectivity index (χ0) is 6.15. The molecule has 1 rings (SSSR count). The van der Waals surface area contributed by atoms with E-state index in [9.17, 15) is 9.59 Å². The van der Waals surface area contributed by atoms with Gasteiger partial charge in [-0.1, -0.05) is 0 Å². The average molecular weight is 167 g/mol. The molecule has 1 aliphatic rings. The Morgan fingerprint density at radius 2 is 1.56 bits per heavy atom. The van der Waals surface area contributed by atoms with E-state index in [1.807, 2.05) is 0 Å². The number of hydrogen-bond donors (Lipinski definition) is 0. The fourth-order valence-electron chi connectivity index (χ4n) is 0.400. The van der Waals surface area contributed by atoms with Gasteiger partial charge in [0.2, 0.25) is 11.8 Å². The smallest absolute Gasteiger partial charge is 0.436 e. The van der Waals surface area contributed by atoms with Crippen molar-refractivity contribution in [1.29, 1.82) is 0 Å². The topological polar surface area (TPSA) is 37.4 Å². The monoisotopic (exact) mass is 167 g/mol. The Morgan fingerprint density at radius 3 is 1.67 bits per heavy atom.